The van der Waals surface area contributed by atoms with Crippen LogP contribution in [0.4, 0.5) is 0 Å². The Morgan fingerprint density at radius 3 is 2.83 bits per heavy atom. The number of halogens is 1. The van der Waals surface area contributed by atoms with Crippen molar-refractivity contribution in [3.8, 4) is 5.75 Å². The Labute approximate surface area is 116 Å². The largest absolute Gasteiger partial charge is 0.493 e. The summed E-state index contributed by atoms with van der Waals surface area (Å²) in [7, 11) is 0. The zero-order chi connectivity index (χ0) is 13.5. The molecule has 0 spiro atoms. The normalized spacial score (nSPS) is 12.2. The summed E-state index contributed by atoms with van der Waals surface area (Å²) in [5, 5.41) is 0. The zero-order valence-electron chi connectivity index (χ0n) is 10.5. The van der Waals surface area contributed by atoms with Gasteiger partial charge in [-0.1, -0.05) is 22.9 Å². The van der Waals surface area contributed by atoms with Crippen LogP contribution in [0.2, 0.25) is 0 Å². The van der Waals surface area contributed by atoms with Crippen molar-refractivity contribution in [1.82, 2.24) is 0 Å². The van der Waals surface area contributed by atoms with Crippen molar-refractivity contribution in [3.63, 3.8) is 0 Å². The standard InChI is InChI=1S/C13H19BrN2O2/c1-2-11(15)8-9-7-10(14)3-4-12(9)18-6-5-13(16)17/h3-4,7,11H,2,5-6,8,15H2,1H3,(H2,16,17). The molecule has 1 amide bonds. The summed E-state index contributed by atoms with van der Waals surface area (Å²) in [6.45, 7) is 2.35. The predicted octanol–water partition coefficient (Wildman–Crippen LogP) is 1.98. The molecule has 0 heterocycles. The van der Waals surface area contributed by atoms with Gasteiger partial charge in [0.2, 0.25) is 5.91 Å². The smallest absolute Gasteiger partial charge is 0.220 e. The first kappa shape index (κ1) is 15.0. The zero-order valence-corrected chi connectivity index (χ0v) is 12.1. The summed E-state index contributed by atoms with van der Waals surface area (Å²) in [5.74, 6) is 0.405. The highest BCUT2D eigenvalue weighted by molar-refractivity contribution is 9.10. The molecule has 4 N–H and O–H groups in total. The number of amides is 1. The van der Waals surface area contributed by atoms with Crippen LogP contribution in [0.1, 0.15) is 25.3 Å². The van der Waals surface area contributed by atoms with Crippen molar-refractivity contribution in [2.75, 3.05) is 6.61 Å². The van der Waals surface area contributed by atoms with E-state index in [4.69, 9.17) is 16.2 Å². The van der Waals surface area contributed by atoms with Gasteiger partial charge in [0.15, 0.2) is 0 Å². The molecule has 4 nitrogen and oxygen atoms in total. The van der Waals surface area contributed by atoms with E-state index < -0.39 is 0 Å². The van der Waals surface area contributed by atoms with Crippen LogP contribution in [0.15, 0.2) is 22.7 Å². The van der Waals surface area contributed by atoms with Crippen LogP contribution in [-0.4, -0.2) is 18.6 Å². The number of nitrogens with two attached hydrogens (primary N) is 2. The van der Waals surface area contributed by atoms with Crippen molar-refractivity contribution < 1.29 is 9.53 Å². The molecule has 1 unspecified atom stereocenters. The molecule has 5 heteroatoms. The van der Waals surface area contributed by atoms with Crippen LogP contribution < -0.4 is 16.2 Å². The molecule has 0 aromatic heterocycles. The molecule has 0 aliphatic heterocycles. The van der Waals surface area contributed by atoms with Crippen LogP contribution in [0.25, 0.3) is 0 Å². The third-order valence-electron chi connectivity index (χ3n) is 2.64. The SMILES string of the molecule is CCC(N)Cc1cc(Br)ccc1OCCC(N)=O. The molecule has 0 radical (unpaired) electrons. The molecule has 100 valence electrons. The fraction of sp³-hybridized carbons (Fsp3) is 0.462. The molecule has 0 aliphatic carbocycles. The summed E-state index contributed by atoms with van der Waals surface area (Å²) in [6.07, 6.45) is 1.88. The van der Waals surface area contributed by atoms with E-state index in [-0.39, 0.29) is 18.4 Å². The minimum atomic E-state index is -0.362. The number of ether oxygens (including phenoxy) is 1. The molecule has 0 saturated carbocycles. The van der Waals surface area contributed by atoms with Crippen LogP contribution in [0.5, 0.6) is 5.75 Å². The van der Waals surface area contributed by atoms with Gasteiger partial charge in [0.1, 0.15) is 5.75 Å². The van der Waals surface area contributed by atoms with Crippen molar-refractivity contribution in [3.05, 3.63) is 28.2 Å². The van der Waals surface area contributed by atoms with E-state index in [9.17, 15) is 4.79 Å². The van der Waals surface area contributed by atoms with Crippen molar-refractivity contribution in [2.45, 2.75) is 32.2 Å². The van der Waals surface area contributed by atoms with E-state index in [1.807, 2.05) is 18.2 Å². The molecule has 1 aromatic rings. The number of rotatable bonds is 7. The number of carbonyl (C=O) groups excluding carboxylic acids is 1. The van der Waals surface area contributed by atoms with Gasteiger partial charge in [-0.15, -0.1) is 0 Å². The average molecular weight is 315 g/mol. The third kappa shape index (κ3) is 5.06. The van der Waals surface area contributed by atoms with Gasteiger partial charge < -0.3 is 16.2 Å². The maximum atomic E-state index is 10.7. The van der Waals surface area contributed by atoms with Crippen molar-refractivity contribution in [2.24, 2.45) is 11.5 Å². The van der Waals surface area contributed by atoms with Crippen LogP contribution in [-0.2, 0) is 11.2 Å². The van der Waals surface area contributed by atoms with Gasteiger partial charge in [-0.2, -0.15) is 0 Å². The number of carbonyl (C=O) groups is 1. The second-order valence-corrected chi connectivity index (χ2v) is 5.10. The molecule has 0 bridgehead atoms. The lowest BCUT2D eigenvalue weighted by molar-refractivity contribution is -0.118. The van der Waals surface area contributed by atoms with E-state index in [1.54, 1.807) is 0 Å². The first-order valence-corrected chi connectivity index (χ1v) is 6.77. The monoisotopic (exact) mass is 314 g/mol. The van der Waals surface area contributed by atoms with Gasteiger partial charge >= 0.3 is 0 Å². The Morgan fingerprint density at radius 1 is 1.50 bits per heavy atom. The minimum Gasteiger partial charge on any atom is -0.493 e. The second-order valence-electron chi connectivity index (χ2n) is 4.19. The minimum absolute atomic E-state index is 0.109. The Morgan fingerprint density at radius 2 is 2.22 bits per heavy atom. The fourth-order valence-electron chi connectivity index (χ4n) is 1.54. The van der Waals surface area contributed by atoms with Gasteiger partial charge in [0.05, 0.1) is 13.0 Å². The Hall–Kier alpha value is -1.07. The van der Waals surface area contributed by atoms with Crippen LogP contribution in [0.3, 0.4) is 0 Å². The fourth-order valence-corrected chi connectivity index (χ4v) is 1.95. The summed E-state index contributed by atoms with van der Waals surface area (Å²) < 4.78 is 6.56. The maximum Gasteiger partial charge on any atom is 0.220 e. The Kier molecular flexibility index (Phi) is 6.15. The Balaban J connectivity index is 2.72. The number of hydrogen-bond acceptors (Lipinski definition) is 3. The molecule has 0 aliphatic rings. The van der Waals surface area contributed by atoms with Crippen LogP contribution in [0, 0.1) is 0 Å². The van der Waals surface area contributed by atoms with E-state index >= 15 is 0 Å². The Bertz CT molecular complexity index is 410. The highest BCUT2D eigenvalue weighted by Crippen LogP contribution is 2.24. The maximum absolute atomic E-state index is 10.7. The lowest BCUT2D eigenvalue weighted by Crippen LogP contribution is -2.22. The summed E-state index contributed by atoms with van der Waals surface area (Å²) in [5.41, 5.74) is 12.1. The van der Waals surface area contributed by atoms with E-state index in [0.717, 1.165) is 28.6 Å². The van der Waals surface area contributed by atoms with Gasteiger partial charge in [0.25, 0.3) is 0 Å². The second kappa shape index (κ2) is 7.38. The lowest BCUT2D eigenvalue weighted by atomic mass is 10.0. The van der Waals surface area contributed by atoms with Crippen molar-refractivity contribution in [1.29, 1.82) is 0 Å². The molecule has 0 fully saturated rings. The van der Waals surface area contributed by atoms with E-state index in [1.165, 1.54) is 0 Å². The summed E-state index contributed by atoms with van der Waals surface area (Å²) in [4.78, 5) is 10.7. The average Bonchev–Trinajstić information content (AvgIpc) is 2.31. The summed E-state index contributed by atoms with van der Waals surface area (Å²) >= 11 is 3.43. The third-order valence-corrected chi connectivity index (χ3v) is 3.13. The highest BCUT2D eigenvalue weighted by Gasteiger charge is 2.09. The molecule has 18 heavy (non-hydrogen) atoms. The van der Waals surface area contributed by atoms with Gasteiger partial charge in [0, 0.05) is 10.5 Å². The molecular formula is C13H19BrN2O2. The molecular weight excluding hydrogens is 296 g/mol. The molecule has 1 atom stereocenters. The van der Waals surface area contributed by atoms with E-state index in [2.05, 4.69) is 22.9 Å². The first-order valence-electron chi connectivity index (χ1n) is 5.98. The van der Waals surface area contributed by atoms with Gasteiger partial charge in [-0.05, 0) is 36.6 Å². The van der Waals surface area contributed by atoms with Crippen LogP contribution >= 0.6 is 15.9 Å². The predicted molar refractivity (Wildman–Crippen MR) is 75.4 cm³/mol. The molecule has 1 rings (SSSR count). The number of hydrogen-bond donors (Lipinski definition) is 2. The van der Waals surface area contributed by atoms with E-state index in [0.29, 0.717) is 6.61 Å². The first-order chi connectivity index (χ1) is 8.52. The lowest BCUT2D eigenvalue weighted by Gasteiger charge is -2.14. The van der Waals surface area contributed by atoms with Gasteiger partial charge in [-0.25, -0.2) is 0 Å². The molecule has 0 saturated heterocycles. The topological polar surface area (TPSA) is 78.3 Å². The highest BCUT2D eigenvalue weighted by atomic mass is 79.9. The number of primary amides is 1. The number of benzene rings is 1. The molecule has 1 aromatic carbocycles. The summed E-state index contributed by atoms with van der Waals surface area (Å²) in [6, 6.07) is 5.89. The quantitative estimate of drug-likeness (QED) is 0.807. The van der Waals surface area contributed by atoms with Gasteiger partial charge in [-0.3, -0.25) is 4.79 Å². The van der Waals surface area contributed by atoms with Crippen molar-refractivity contribution >= 4 is 21.8 Å².